The van der Waals surface area contributed by atoms with Gasteiger partial charge in [0.05, 0.1) is 18.9 Å². The molecule has 0 radical (unpaired) electrons. The molecule has 3 N–H and O–H groups in total. The Morgan fingerprint density at radius 3 is 2.15 bits per heavy atom. The lowest BCUT2D eigenvalue weighted by Crippen LogP contribution is -2.38. The number of benzene rings is 2. The van der Waals surface area contributed by atoms with Crippen molar-refractivity contribution in [1.82, 2.24) is 5.32 Å². The van der Waals surface area contributed by atoms with Crippen molar-refractivity contribution in [3.05, 3.63) is 71.3 Å². The Bertz CT molecular complexity index is 1330. The van der Waals surface area contributed by atoms with Gasteiger partial charge in [0.25, 0.3) is 0 Å². The number of rotatable bonds is 20. The van der Waals surface area contributed by atoms with Crippen LogP contribution in [0.15, 0.2) is 54.6 Å². The lowest BCUT2D eigenvalue weighted by molar-refractivity contribution is -0.157. The minimum Gasteiger partial charge on any atom is -0.461 e. The number of hydrogen-bond donors (Lipinski definition) is 2. The summed E-state index contributed by atoms with van der Waals surface area (Å²) in [7, 11) is 0. The van der Waals surface area contributed by atoms with Gasteiger partial charge in [-0.2, -0.15) is 0 Å². The number of nitrogens with two attached hydrogens (primary N) is 1. The summed E-state index contributed by atoms with van der Waals surface area (Å²) in [4.78, 5) is 75.8. The van der Waals surface area contributed by atoms with Gasteiger partial charge >= 0.3 is 11.9 Å². The third-order valence-electron chi connectivity index (χ3n) is 7.31. The first-order valence-electron chi connectivity index (χ1n) is 15.8. The Balaban J connectivity index is 1.85. The van der Waals surface area contributed by atoms with Gasteiger partial charge in [0.1, 0.15) is 18.0 Å². The highest BCUT2D eigenvalue weighted by Crippen LogP contribution is 2.20. The standard InChI is InChI=1S/C36H48N2O8/c1-25(39)28(15-9-6-10-17-33(42)45-24-26-12-7-5-8-13-26)19-31(40)23-38-35(44)30(21-34(43)46-36(2,3)4)20-32(41)29-16-11-14-27(18-29)22-37/h5,7-8,11-14,16,18,28,30H,6,9-10,15,17,19-24,37H2,1-4H3,(H,38,44)/t28-,30+/m1/s1. The van der Waals surface area contributed by atoms with E-state index in [1.54, 1.807) is 45.0 Å². The van der Waals surface area contributed by atoms with Crippen molar-refractivity contribution in [3.63, 3.8) is 0 Å². The average molecular weight is 637 g/mol. The van der Waals surface area contributed by atoms with Crippen LogP contribution in [0.1, 0.15) is 101 Å². The van der Waals surface area contributed by atoms with Crippen LogP contribution in [0.3, 0.4) is 0 Å². The van der Waals surface area contributed by atoms with Crippen molar-refractivity contribution in [2.45, 2.75) is 97.8 Å². The molecular weight excluding hydrogens is 588 g/mol. The maximum absolute atomic E-state index is 13.1. The molecule has 0 spiro atoms. The molecule has 0 saturated carbocycles. The van der Waals surface area contributed by atoms with E-state index in [0.29, 0.717) is 31.2 Å². The number of hydrogen-bond acceptors (Lipinski definition) is 9. The molecule has 0 saturated heterocycles. The van der Waals surface area contributed by atoms with E-state index < -0.39 is 29.3 Å². The molecule has 250 valence electrons. The molecule has 0 aliphatic heterocycles. The number of unbranched alkanes of at least 4 members (excludes halogenated alkanes) is 2. The smallest absolute Gasteiger partial charge is 0.307 e. The highest BCUT2D eigenvalue weighted by molar-refractivity contribution is 6.00. The van der Waals surface area contributed by atoms with Crippen molar-refractivity contribution in [1.29, 1.82) is 0 Å². The van der Waals surface area contributed by atoms with Gasteiger partial charge < -0.3 is 20.5 Å². The molecule has 0 aliphatic rings. The lowest BCUT2D eigenvalue weighted by Gasteiger charge is -2.22. The highest BCUT2D eigenvalue weighted by Gasteiger charge is 2.29. The monoisotopic (exact) mass is 636 g/mol. The van der Waals surface area contributed by atoms with Crippen LogP contribution in [0, 0.1) is 11.8 Å². The van der Waals surface area contributed by atoms with Crippen molar-refractivity contribution in [2.75, 3.05) is 6.54 Å². The molecule has 1 amide bonds. The first-order chi connectivity index (χ1) is 21.8. The fourth-order valence-electron chi connectivity index (χ4n) is 4.83. The minimum atomic E-state index is -1.06. The number of amides is 1. The molecule has 2 aromatic carbocycles. The lowest BCUT2D eigenvalue weighted by atomic mass is 9.91. The molecule has 10 heteroatoms. The first kappa shape index (κ1) is 38.0. The van der Waals surface area contributed by atoms with E-state index in [0.717, 1.165) is 11.1 Å². The first-order valence-corrected chi connectivity index (χ1v) is 15.8. The molecule has 0 bridgehead atoms. The highest BCUT2D eigenvalue weighted by atomic mass is 16.6. The molecule has 2 atom stereocenters. The molecule has 0 aromatic heterocycles. The average Bonchev–Trinajstić information content (AvgIpc) is 3.01. The number of carbonyl (C=O) groups is 6. The Labute approximate surface area is 271 Å². The van der Waals surface area contributed by atoms with Crippen molar-refractivity contribution < 1.29 is 38.2 Å². The number of ketones is 3. The molecule has 0 fully saturated rings. The molecule has 46 heavy (non-hydrogen) atoms. The fourth-order valence-corrected chi connectivity index (χ4v) is 4.83. The number of nitrogens with one attached hydrogen (secondary N) is 1. The van der Waals surface area contributed by atoms with Gasteiger partial charge in [0.15, 0.2) is 11.6 Å². The van der Waals surface area contributed by atoms with Crippen LogP contribution in [-0.4, -0.2) is 47.3 Å². The van der Waals surface area contributed by atoms with Crippen LogP contribution in [0.5, 0.6) is 0 Å². The van der Waals surface area contributed by atoms with Crippen LogP contribution in [0.4, 0.5) is 0 Å². The van der Waals surface area contributed by atoms with Crippen LogP contribution >= 0.6 is 0 Å². The maximum Gasteiger partial charge on any atom is 0.307 e. The molecule has 2 aromatic rings. The molecule has 0 heterocycles. The summed E-state index contributed by atoms with van der Waals surface area (Å²) in [5.41, 5.74) is 6.95. The van der Waals surface area contributed by atoms with E-state index in [1.165, 1.54) is 6.92 Å². The Morgan fingerprint density at radius 1 is 0.804 bits per heavy atom. The second kappa shape index (κ2) is 19.4. The van der Waals surface area contributed by atoms with Crippen LogP contribution in [0.2, 0.25) is 0 Å². The van der Waals surface area contributed by atoms with E-state index >= 15 is 0 Å². The van der Waals surface area contributed by atoms with Crippen molar-refractivity contribution >= 4 is 35.2 Å². The zero-order chi connectivity index (χ0) is 34.1. The SMILES string of the molecule is CC(=O)[C@H](CCCCCC(=O)OCc1ccccc1)CC(=O)CNC(=O)[C@H](CC(=O)OC(C)(C)C)CC(=O)c1cccc(CN)c1. The summed E-state index contributed by atoms with van der Waals surface area (Å²) in [6, 6.07) is 16.2. The normalized spacial score (nSPS) is 12.5. The van der Waals surface area contributed by atoms with Gasteiger partial charge in [-0.05, 0) is 57.7 Å². The van der Waals surface area contributed by atoms with Crippen molar-refractivity contribution in [3.8, 4) is 0 Å². The van der Waals surface area contributed by atoms with Crippen LogP contribution < -0.4 is 11.1 Å². The third-order valence-corrected chi connectivity index (χ3v) is 7.31. The second-order valence-electron chi connectivity index (χ2n) is 12.5. The third kappa shape index (κ3) is 15.2. The summed E-state index contributed by atoms with van der Waals surface area (Å²) in [6.45, 7) is 6.68. The Hall–Kier alpha value is -4.18. The largest absolute Gasteiger partial charge is 0.461 e. The second-order valence-corrected chi connectivity index (χ2v) is 12.5. The van der Waals surface area contributed by atoms with Crippen LogP contribution in [0.25, 0.3) is 0 Å². The number of carbonyl (C=O) groups excluding carboxylic acids is 6. The van der Waals surface area contributed by atoms with E-state index in [2.05, 4.69) is 5.32 Å². The van der Waals surface area contributed by atoms with E-state index in [-0.39, 0.29) is 68.7 Å². The number of esters is 2. The summed E-state index contributed by atoms with van der Waals surface area (Å²) in [5, 5.41) is 2.56. The molecule has 0 aliphatic carbocycles. The predicted octanol–water partition coefficient (Wildman–Crippen LogP) is 5.04. The Morgan fingerprint density at radius 2 is 1.50 bits per heavy atom. The van der Waals surface area contributed by atoms with Gasteiger partial charge in [0, 0.05) is 37.3 Å². The quantitative estimate of drug-likeness (QED) is 0.115. The van der Waals surface area contributed by atoms with Gasteiger partial charge in [0.2, 0.25) is 5.91 Å². The summed E-state index contributed by atoms with van der Waals surface area (Å²) < 4.78 is 10.7. The molecular formula is C36H48N2O8. The Kier molecular flexibility index (Phi) is 16.0. The van der Waals surface area contributed by atoms with Crippen molar-refractivity contribution in [2.24, 2.45) is 17.6 Å². The van der Waals surface area contributed by atoms with E-state index in [9.17, 15) is 28.8 Å². The number of Topliss-reactive ketones (excluding diaryl/α,β-unsaturated/α-hetero) is 3. The van der Waals surface area contributed by atoms with E-state index in [4.69, 9.17) is 15.2 Å². The van der Waals surface area contributed by atoms with Gasteiger partial charge in [-0.1, -0.05) is 61.4 Å². The van der Waals surface area contributed by atoms with E-state index in [1.807, 2.05) is 30.3 Å². The molecule has 0 unspecified atom stereocenters. The number of ether oxygens (including phenoxy) is 2. The zero-order valence-corrected chi connectivity index (χ0v) is 27.5. The predicted molar refractivity (Wildman–Crippen MR) is 173 cm³/mol. The summed E-state index contributed by atoms with van der Waals surface area (Å²) in [5.74, 6) is -3.92. The van der Waals surface area contributed by atoms with Gasteiger partial charge in [-0.25, -0.2) is 0 Å². The fraction of sp³-hybridized carbons (Fsp3) is 0.500. The molecule has 10 nitrogen and oxygen atoms in total. The maximum atomic E-state index is 13.1. The zero-order valence-electron chi connectivity index (χ0n) is 27.5. The van der Waals surface area contributed by atoms with Gasteiger partial charge in [-0.15, -0.1) is 0 Å². The minimum absolute atomic E-state index is 0.0454. The topological polar surface area (TPSA) is 159 Å². The molecule has 2 rings (SSSR count). The summed E-state index contributed by atoms with van der Waals surface area (Å²) >= 11 is 0. The summed E-state index contributed by atoms with van der Waals surface area (Å²) in [6.07, 6.45) is 2.07. The van der Waals surface area contributed by atoms with Crippen LogP contribution in [-0.2, 0) is 46.6 Å². The van der Waals surface area contributed by atoms with Gasteiger partial charge in [-0.3, -0.25) is 28.8 Å².